The third-order valence-corrected chi connectivity index (χ3v) is 7.97. The van der Waals surface area contributed by atoms with Gasteiger partial charge in [-0.2, -0.15) is 0 Å². The lowest BCUT2D eigenvalue weighted by atomic mass is 9.62. The van der Waals surface area contributed by atoms with E-state index in [1.165, 1.54) is 38.5 Å². The van der Waals surface area contributed by atoms with Gasteiger partial charge in [-0.1, -0.05) is 77.0 Å². The Morgan fingerprint density at radius 1 is 1.27 bits per heavy atom. The molecule has 0 radical (unpaired) electrons. The molecule has 0 spiro atoms. The van der Waals surface area contributed by atoms with E-state index in [9.17, 15) is 10.2 Å². The Morgan fingerprint density at radius 3 is 2.70 bits per heavy atom. The van der Waals surface area contributed by atoms with Gasteiger partial charge >= 0.3 is 0 Å². The summed E-state index contributed by atoms with van der Waals surface area (Å²) in [6.45, 7) is 16.0. The lowest BCUT2D eigenvalue weighted by molar-refractivity contribution is 0.0862. The van der Waals surface area contributed by atoms with E-state index >= 15 is 0 Å². The maximum absolute atomic E-state index is 10.1. The lowest BCUT2D eigenvalue weighted by Gasteiger charge is -2.42. The topological polar surface area (TPSA) is 40.5 Å². The van der Waals surface area contributed by atoms with Gasteiger partial charge in [0, 0.05) is 6.42 Å². The standard InChI is InChI=1S/C28H44O2/c1-19(9-7-15-27(3,4)5)24-13-14-25-21(10-8-16-28(24,25)6)11-12-22-17-23(29)18-26(30)20(22)2/h11-13,19,23,25-26,29-30H,2,7-10,14-18H2,1,3-6H3/b21-11+,22-12-/t19-,23?,25?,26?,28?/m1/s1. The fourth-order valence-electron chi connectivity index (χ4n) is 6.17. The number of aliphatic hydroxyl groups is 2. The number of allylic oxidation sites excluding steroid dienone is 5. The van der Waals surface area contributed by atoms with Crippen LogP contribution in [-0.2, 0) is 0 Å². The van der Waals surface area contributed by atoms with Crippen LogP contribution in [0.5, 0.6) is 0 Å². The normalized spacial score (nSPS) is 36.2. The van der Waals surface area contributed by atoms with Crippen LogP contribution in [0.2, 0.25) is 0 Å². The Morgan fingerprint density at radius 2 is 2.00 bits per heavy atom. The Balaban J connectivity index is 1.71. The van der Waals surface area contributed by atoms with Crippen LogP contribution in [0, 0.1) is 22.7 Å². The van der Waals surface area contributed by atoms with E-state index < -0.39 is 12.2 Å². The molecule has 5 atom stereocenters. The SMILES string of the molecule is C=C1/C(=C\C=C2/CCCC3(C)C([C@H](C)CCCC(C)(C)C)=CCC23)CC(O)CC1O. The van der Waals surface area contributed by atoms with Crippen molar-refractivity contribution in [2.45, 2.75) is 105 Å². The molecule has 30 heavy (non-hydrogen) atoms. The minimum absolute atomic E-state index is 0.298. The Kier molecular flexibility index (Phi) is 7.19. The van der Waals surface area contributed by atoms with Crippen molar-refractivity contribution in [3.63, 3.8) is 0 Å². The first-order valence-electron chi connectivity index (χ1n) is 12.2. The molecule has 0 aromatic heterocycles. The summed E-state index contributed by atoms with van der Waals surface area (Å²) in [7, 11) is 0. The molecule has 2 heteroatoms. The molecule has 4 unspecified atom stereocenters. The smallest absolute Gasteiger partial charge is 0.0811 e. The summed E-state index contributed by atoms with van der Waals surface area (Å²) in [5.74, 6) is 1.28. The van der Waals surface area contributed by atoms with Crippen molar-refractivity contribution in [3.05, 3.63) is 47.1 Å². The molecule has 168 valence electrons. The molecule has 2 fully saturated rings. The van der Waals surface area contributed by atoms with E-state index in [1.807, 2.05) is 0 Å². The summed E-state index contributed by atoms with van der Waals surface area (Å²) in [5.41, 5.74) is 5.77. The molecule has 0 saturated heterocycles. The fraction of sp³-hybridized carbons (Fsp3) is 0.714. The van der Waals surface area contributed by atoms with Crippen molar-refractivity contribution in [2.75, 3.05) is 0 Å². The van der Waals surface area contributed by atoms with E-state index in [0.717, 1.165) is 17.6 Å². The lowest BCUT2D eigenvalue weighted by Crippen LogP contribution is -2.32. The van der Waals surface area contributed by atoms with Gasteiger partial charge in [-0.3, -0.25) is 0 Å². The van der Waals surface area contributed by atoms with Gasteiger partial charge in [0.05, 0.1) is 12.2 Å². The van der Waals surface area contributed by atoms with Crippen LogP contribution in [0.25, 0.3) is 0 Å². The second-order valence-electron chi connectivity index (χ2n) is 11.6. The van der Waals surface area contributed by atoms with Crippen molar-refractivity contribution in [1.29, 1.82) is 0 Å². The molecule has 0 amide bonds. The predicted molar refractivity (Wildman–Crippen MR) is 127 cm³/mol. The maximum Gasteiger partial charge on any atom is 0.0811 e. The van der Waals surface area contributed by atoms with E-state index in [2.05, 4.69) is 59.4 Å². The molecular weight excluding hydrogens is 368 g/mol. The van der Waals surface area contributed by atoms with Gasteiger partial charge in [0.1, 0.15) is 0 Å². The highest BCUT2D eigenvalue weighted by Crippen LogP contribution is 2.57. The number of rotatable bonds is 5. The van der Waals surface area contributed by atoms with Crippen LogP contribution in [0.4, 0.5) is 0 Å². The number of fused-ring (bicyclic) bond motifs is 1. The zero-order chi connectivity index (χ0) is 22.1. The predicted octanol–water partition coefficient (Wildman–Crippen LogP) is 6.90. The molecule has 2 nitrogen and oxygen atoms in total. The maximum atomic E-state index is 10.1. The largest absolute Gasteiger partial charge is 0.393 e. The first-order valence-corrected chi connectivity index (χ1v) is 12.2. The Hall–Kier alpha value is -1.12. The van der Waals surface area contributed by atoms with E-state index in [0.29, 0.717) is 35.5 Å². The van der Waals surface area contributed by atoms with Crippen molar-refractivity contribution < 1.29 is 10.2 Å². The van der Waals surface area contributed by atoms with Gasteiger partial charge in [-0.05, 0) is 78.8 Å². The summed E-state index contributed by atoms with van der Waals surface area (Å²) in [6, 6.07) is 0. The van der Waals surface area contributed by atoms with Gasteiger partial charge < -0.3 is 10.2 Å². The molecule has 2 N–H and O–H groups in total. The summed E-state index contributed by atoms with van der Waals surface area (Å²) in [5, 5.41) is 20.2. The van der Waals surface area contributed by atoms with Crippen LogP contribution < -0.4 is 0 Å². The summed E-state index contributed by atoms with van der Waals surface area (Å²) >= 11 is 0. The number of aliphatic hydroxyl groups excluding tert-OH is 2. The molecule has 3 aliphatic carbocycles. The first kappa shape index (κ1) is 23.5. The third-order valence-electron chi connectivity index (χ3n) is 7.97. The number of hydrogen-bond acceptors (Lipinski definition) is 2. The zero-order valence-corrected chi connectivity index (χ0v) is 20.0. The van der Waals surface area contributed by atoms with Gasteiger partial charge in [0.25, 0.3) is 0 Å². The first-order chi connectivity index (χ1) is 14.0. The van der Waals surface area contributed by atoms with Crippen molar-refractivity contribution in [1.82, 2.24) is 0 Å². The molecular formula is C28H44O2. The van der Waals surface area contributed by atoms with E-state index in [4.69, 9.17) is 0 Å². The minimum atomic E-state index is -0.608. The van der Waals surface area contributed by atoms with Gasteiger partial charge in [-0.25, -0.2) is 0 Å². The summed E-state index contributed by atoms with van der Waals surface area (Å²) < 4.78 is 0. The van der Waals surface area contributed by atoms with Crippen LogP contribution in [0.3, 0.4) is 0 Å². The average Bonchev–Trinajstić information content (AvgIpc) is 3.00. The molecule has 3 rings (SSSR count). The number of hydrogen-bond donors (Lipinski definition) is 2. The van der Waals surface area contributed by atoms with Crippen molar-refractivity contribution in [3.8, 4) is 0 Å². The molecule has 0 aromatic carbocycles. The zero-order valence-electron chi connectivity index (χ0n) is 20.0. The Labute approximate surface area is 184 Å². The molecule has 2 saturated carbocycles. The molecule has 0 aliphatic heterocycles. The van der Waals surface area contributed by atoms with E-state index in [-0.39, 0.29) is 0 Å². The molecule has 3 aliphatic rings. The second-order valence-corrected chi connectivity index (χ2v) is 11.6. The van der Waals surface area contributed by atoms with Crippen LogP contribution in [0.1, 0.15) is 92.4 Å². The quantitative estimate of drug-likeness (QED) is 0.482. The van der Waals surface area contributed by atoms with Crippen LogP contribution in [-0.4, -0.2) is 22.4 Å². The summed E-state index contributed by atoms with van der Waals surface area (Å²) in [4.78, 5) is 0. The highest BCUT2D eigenvalue weighted by atomic mass is 16.3. The molecule has 0 heterocycles. The second kappa shape index (κ2) is 9.17. The van der Waals surface area contributed by atoms with E-state index in [1.54, 1.807) is 11.1 Å². The fourth-order valence-corrected chi connectivity index (χ4v) is 6.17. The highest BCUT2D eigenvalue weighted by molar-refractivity contribution is 5.40. The van der Waals surface area contributed by atoms with Gasteiger partial charge in [0.15, 0.2) is 0 Å². The third kappa shape index (κ3) is 5.19. The minimum Gasteiger partial charge on any atom is -0.393 e. The van der Waals surface area contributed by atoms with Gasteiger partial charge in [0.2, 0.25) is 0 Å². The van der Waals surface area contributed by atoms with Gasteiger partial charge in [-0.15, -0.1) is 0 Å². The monoisotopic (exact) mass is 412 g/mol. The average molecular weight is 413 g/mol. The van der Waals surface area contributed by atoms with Crippen molar-refractivity contribution in [2.24, 2.45) is 22.7 Å². The summed E-state index contributed by atoms with van der Waals surface area (Å²) in [6.07, 6.45) is 15.7. The molecule has 0 aromatic rings. The highest BCUT2D eigenvalue weighted by Gasteiger charge is 2.45. The van der Waals surface area contributed by atoms with Crippen molar-refractivity contribution >= 4 is 0 Å². The molecule has 0 bridgehead atoms. The Bertz CT molecular complexity index is 732. The van der Waals surface area contributed by atoms with Crippen LogP contribution >= 0.6 is 0 Å². The van der Waals surface area contributed by atoms with Crippen LogP contribution in [0.15, 0.2) is 47.1 Å².